The second-order valence-electron chi connectivity index (χ2n) is 6.39. The molecule has 2 heterocycles. The molecule has 6 nitrogen and oxygen atoms in total. The number of carbonyl (C=O) groups is 1. The van der Waals surface area contributed by atoms with E-state index < -0.39 is 16.1 Å². The summed E-state index contributed by atoms with van der Waals surface area (Å²) in [6.45, 7) is 5.17. The van der Waals surface area contributed by atoms with E-state index in [1.165, 1.54) is 11.3 Å². The van der Waals surface area contributed by atoms with Gasteiger partial charge in [0.05, 0.1) is 6.04 Å². The Labute approximate surface area is 142 Å². The van der Waals surface area contributed by atoms with Gasteiger partial charge in [0, 0.05) is 19.1 Å². The SMILES string of the molecule is CC(C)C[C@H](N)C(=O)N1CCC(NS(=O)(=O)c2cccs2)CC1. The maximum atomic E-state index is 12.3. The molecule has 1 fully saturated rings. The summed E-state index contributed by atoms with van der Waals surface area (Å²) in [6, 6.07) is 2.72. The quantitative estimate of drug-likeness (QED) is 0.803. The number of nitrogens with zero attached hydrogens (tertiary/aromatic N) is 1. The van der Waals surface area contributed by atoms with E-state index in [0.717, 1.165) is 0 Å². The number of rotatable bonds is 6. The highest BCUT2D eigenvalue weighted by molar-refractivity contribution is 7.91. The standard InChI is InChI=1S/C15H25N3O3S2/c1-11(2)10-13(16)15(19)18-7-5-12(6-8-18)17-23(20,21)14-4-3-9-22-14/h3-4,9,11-13,17H,5-8,10,16H2,1-2H3/t13-/m0/s1. The second kappa shape index (κ2) is 7.74. The number of piperidine rings is 1. The molecule has 1 atom stereocenters. The van der Waals surface area contributed by atoms with Gasteiger partial charge >= 0.3 is 0 Å². The fourth-order valence-electron chi connectivity index (χ4n) is 2.75. The first-order valence-corrected chi connectivity index (χ1v) is 10.3. The summed E-state index contributed by atoms with van der Waals surface area (Å²) in [5.74, 6) is 0.349. The molecular formula is C15H25N3O3S2. The van der Waals surface area contributed by atoms with Gasteiger partial charge in [-0.15, -0.1) is 11.3 Å². The van der Waals surface area contributed by atoms with Crippen LogP contribution in [0.5, 0.6) is 0 Å². The van der Waals surface area contributed by atoms with Gasteiger partial charge in [0.15, 0.2) is 0 Å². The number of hydrogen-bond acceptors (Lipinski definition) is 5. The average Bonchev–Trinajstić information content (AvgIpc) is 3.01. The molecule has 0 radical (unpaired) electrons. The van der Waals surface area contributed by atoms with Crippen molar-refractivity contribution < 1.29 is 13.2 Å². The molecule has 8 heteroatoms. The van der Waals surface area contributed by atoms with Crippen LogP contribution in [0, 0.1) is 5.92 Å². The molecule has 1 saturated heterocycles. The number of nitrogens with two attached hydrogens (primary N) is 1. The zero-order chi connectivity index (χ0) is 17.0. The molecule has 1 aromatic heterocycles. The first kappa shape index (κ1) is 18.4. The van der Waals surface area contributed by atoms with Crippen LogP contribution in [0.3, 0.4) is 0 Å². The molecular weight excluding hydrogens is 334 g/mol. The minimum atomic E-state index is -3.45. The average molecular weight is 360 g/mol. The van der Waals surface area contributed by atoms with Gasteiger partial charge in [0.1, 0.15) is 4.21 Å². The van der Waals surface area contributed by atoms with Crippen molar-refractivity contribution >= 4 is 27.3 Å². The lowest BCUT2D eigenvalue weighted by molar-refractivity contribution is -0.134. The molecule has 2 rings (SSSR count). The zero-order valence-electron chi connectivity index (χ0n) is 13.6. The van der Waals surface area contributed by atoms with E-state index in [1.54, 1.807) is 22.4 Å². The van der Waals surface area contributed by atoms with Crippen LogP contribution in [-0.2, 0) is 14.8 Å². The lowest BCUT2D eigenvalue weighted by Gasteiger charge is -2.33. The molecule has 1 aromatic rings. The Morgan fingerprint density at radius 2 is 2.09 bits per heavy atom. The maximum Gasteiger partial charge on any atom is 0.250 e. The van der Waals surface area contributed by atoms with Crippen LogP contribution in [0.15, 0.2) is 21.7 Å². The van der Waals surface area contributed by atoms with Gasteiger partial charge in [-0.25, -0.2) is 13.1 Å². The van der Waals surface area contributed by atoms with E-state index in [9.17, 15) is 13.2 Å². The van der Waals surface area contributed by atoms with Crippen LogP contribution in [0.4, 0.5) is 0 Å². The predicted molar refractivity (Wildman–Crippen MR) is 91.7 cm³/mol. The van der Waals surface area contributed by atoms with Gasteiger partial charge in [0.2, 0.25) is 15.9 Å². The Morgan fingerprint density at radius 3 is 2.61 bits per heavy atom. The number of thiophene rings is 1. The first-order chi connectivity index (χ1) is 10.8. The number of amides is 1. The predicted octanol–water partition coefficient (Wildman–Crippen LogP) is 1.39. The number of hydrogen-bond donors (Lipinski definition) is 2. The van der Waals surface area contributed by atoms with Gasteiger partial charge in [-0.2, -0.15) is 0 Å². The summed E-state index contributed by atoms with van der Waals surface area (Å²) >= 11 is 1.20. The maximum absolute atomic E-state index is 12.3. The van der Waals surface area contributed by atoms with E-state index >= 15 is 0 Å². The normalized spacial score (nSPS) is 18.3. The minimum absolute atomic E-state index is 0.0294. The number of sulfonamides is 1. The van der Waals surface area contributed by atoms with Gasteiger partial charge in [-0.05, 0) is 36.6 Å². The van der Waals surface area contributed by atoms with Crippen molar-refractivity contribution in [1.82, 2.24) is 9.62 Å². The van der Waals surface area contributed by atoms with Gasteiger partial charge in [0.25, 0.3) is 0 Å². The minimum Gasteiger partial charge on any atom is -0.341 e. The van der Waals surface area contributed by atoms with E-state index in [-0.39, 0.29) is 11.9 Å². The monoisotopic (exact) mass is 359 g/mol. The highest BCUT2D eigenvalue weighted by atomic mass is 32.2. The van der Waals surface area contributed by atoms with Gasteiger partial charge < -0.3 is 10.6 Å². The third kappa shape index (κ3) is 5.00. The van der Waals surface area contributed by atoms with Crippen LogP contribution in [-0.4, -0.2) is 44.4 Å². The molecule has 0 aromatic carbocycles. The zero-order valence-corrected chi connectivity index (χ0v) is 15.2. The van der Waals surface area contributed by atoms with Crippen LogP contribution in [0.2, 0.25) is 0 Å². The van der Waals surface area contributed by atoms with Crippen molar-refractivity contribution in [3.63, 3.8) is 0 Å². The highest BCUT2D eigenvalue weighted by Gasteiger charge is 2.29. The van der Waals surface area contributed by atoms with Crippen LogP contribution >= 0.6 is 11.3 Å². The van der Waals surface area contributed by atoms with Crippen molar-refractivity contribution in [3.8, 4) is 0 Å². The van der Waals surface area contributed by atoms with Crippen LogP contribution < -0.4 is 10.5 Å². The van der Waals surface area contributed by atoms with Crippen molar-refractivity contribution in [2.24, 2.45) is 11.7 Å². The summed E-state index contributed by atoms with van der Waals surface area (Å²) in [5.41, 5.74) is 5.95. The van der Waals surface area contributed by atoms with Gasteiger partial charge in [-0.1, -0.05) is 19.9 Å². The molecule has 130 valence electrons. The summed E-state index contributed by atoms with van der Waals surface area (Å²) in [6.07, 6.45) is 1.90. The molecule has 1 aliphatic rings. The number of carbonyl (C=O) groups excluding carboxylic acids is 1. The number of nitrogens with one attached hydrogen (secondary N) is 1. The molecule has 0 saturated carbocycles. The summed E-state index contributed by atoms with van der Waals surface area (Å²) < 4.78 is 27.5. The van der Waals surface area contributed by atoms with E-state index in [0.29, 0.717) is 42.5 Å². The lowest BCUT2D eigenvalue weighted by Crippen LogP contribution is -2.51. The molecule has 0 aliphatic carbocycles. The molecule has 3 N–H and O–H groups in total. The topological polar surface area (TPSA) is 92.5 Å². The Bertz CT molecular complexity index is 606. The molecule has 0 unspecified atom stereocenters. The molecule has 0 spiro atoms. The Morgan fingerprint density at radius 1 is 1.43 bits per heavy atom. The fraction of sp³-hybridized carbons (Fsp3) is 0.667. The third-order valence-electron chi connectivity index (χ3n) is 3.93. The van der Waals surface area contributed by atoms with Crippen LogP contribution in [0.1, 0.15) is 33.1 Å². The Hall–Kier alpha value is -0.960. The van der Waals surface area contributed by atoms with Crippen molar-refractivity contribution in [2.45, 2.75) is 49.4 Å². The Kier molecular flexibility index (Phi) is 6.19. The number of likely N-dealkylation sites (tertiary alicyclic amines) is 1. The first-order valence-electron chi connectivity index (χ1n) is 7.90. The molecule has 1 aliphatic heterocycles. The summed E-state index contributed by atoms with van der Waals surface area (Å²) in [7, 11) is -3.45. The van der Waals surface area contributed by atoms with E-state index in [1.807, 2.05) is 13.8 Å². The molecule has 23 heavy (non-hydrogen) atoms. The van der Waals surface area contributed by atoms with Gasteiger partial charge in [-0.3, -0.25) is 4.79 Å². The van der Waals surface area contributed by atoms with E-state index in [2.05, 4.69) is 4.72 Å². The smallest absolute Gasteiger partial charge is 0.250 e. The Balaban J connectivity index is 1.85. The summed E-state index contributed by atoms with van der Waals surface area (Å²) in [5, 5.41) is 1.74. The van der Waals surface area contributed by atoms with E-state index in [4.69, 9.17) is 5.73 Å². The highest BCUT2D eigenvalue weighted by Crippen LogP contribution is 2.19. The van der Waals surface area contributed by atoms with Crippen molar-refractivity contribution in [2.75, 3.05) is 13.1 Å². The molecule has 0 bridgehead atoms. The lowest BCUT2D eigenvalue weighted by atomic mass is 10.0. The summed E-state index contributed by atoms with van der Waals surface area (Å²) in [4.78, 5) is 14.0. The van der Waals surface area contributed by atoms with Crippen LogP contribution in [0.25, 0.3) is 0 Å². The molecule has 1 amide bonds. The van der Waals surface area contributed by atoms with Crippen molar-refractivity contribution in [1.29, 1.82) is 0 Å². The largest absolute Gasteiger partial charge is 0.341 e. The second-order valence-corrected chi connectivity index (χ2v) is 9.28. The third-order valence-corrected chi connectivity index (χ3v) is 6.85. The van der Waals surface area contributed by atoms with Crippen molar-refractivity contribution in [3.05, 3.63) is 17.5 Å². The fourth-order valence-corrected chi connectivity index (χ4v) is 5.07.